The number of carboxylic acid groups (broad SMARTS) is 1. The molecule has 0 aliphatic heterocycles. The third-order valence-electron chi connectivity index (χ3n) is 13.0. The predicted octanol–water partition coefficient (Wildman–Crippen LogP) is 11.4. The second-order valence-electron chi connectivity index (χ2n) is 21.2. The van der Waals surface area contributed by atoms with Gasteiger partial charge in [-0.2, -0.15) is 38.1 Å². The second-order valence-corrected chi connectivity index (χ2v) is 21.7. The lowest BCUT2D eigenvalue weighted by molar-refractivity contribution is -0.155. The molecule has 28 nitrogen and oxygen atoms in total. The van der Waals surface area contributed by atoms with Gasteiger partial charge in [-0.3, -0.25) is 35.1 Å². The van der Waals surface area contributed by atoms with Crippen LogP contribution in [0.3, 0.4) is 0 Å². The molecule has 0 unspecified atom stereocenters. The number of carbonyl (C=O) groups is 4. The van der Waals surface area contributed by atoms with E-state index in [4.69, 9.17) is 68.3 Å². The summed E-state index contributed by atoms with van der Waals surface area (Å²) in [4.78, 5) is 57.7. The minimum absolute atomic E-state index is 0. The van der Waals surface area contributed by atoms with E-state index in [-0.39, 0.29) is 60.3 Å². The first kappa shape index (κ1) is 87.0. The number of thiocarbonyl (C=S) groups is 1. The minimum Gasteiger partial charge on any atom is -0.496 e. The van der Waals surface area contributed by atoms with Gasteiger partial charge in [0.25, 0.3) is 5.91 Å². The summed E-state index contributed by atoms with van der Waals surface area (Å²) in [6, 6.07) is 50.1. The second kappa shape index (κ2) is 46.3. The van der Waals surface area contributed by atoms with E-state index in [1.165, 1.54) is 42.5 Å². The van der Waals surface area contributed by atoms with E-state index in [1.54, 1.807) is 86.7 Å². The van der Waals surface area contributed by atoms with Gasteiger partial charge in [-0.15, -0.1) is 12.4 Å². The number of alkyl halides is 4. The Hall–Kier alpha value is -12.3. The largest absolute Gasteiger partial charge is 0.496 e. The summed E-state index contributed by atoms with van der Waals surface area (Å²) in [7, 11) is 7.96. The van der Waals surface area contributed by atoms with E-state index in [0.29, 0.717) is 63.3 Å². The fourth-order valence-corrected chi connectivity index (χ4v) is 8.45. The van der Waals surface area contributed by atoms with Crippen LogP contribution in [-0.2, 0) is 33.8 Å². The lowest BCUT2D eigenvalue weighted by Gasteiger charge is -2.19. The average molecular weight is 1500 g/mol. The van der Waals surface area contributed by atoms with Crippen LogP contribution in [0.25, 0.3) is 34.2 Å². The van der Waals surface area contributed by atoms with Crippen LogP contribution in [0.1, 0.15) is 89.9 Å². The molecule has 3 aromatic heterocycles. The molecule has 0 aliphatic rings. The zero-order chi connectivity index (χ0) is 76.6. The average Bonchev–Trinajstić information content (AvgIpc) is 1.77. The van der Waals surface area contributed by atoms with Crippen LogP contribution >= 0.6 is 24.6 Å². The van der Waals surface area contributed by atoms with E-state index in [1.807, 2.05) is 115 Å². The van der Waals surface area contributed by atoms with Gasteiger partial charge in [0.15, 0.2) is 17.5 Å². The first-order valence-corrected chi connectivity index (χ1v) is 31.4. The van der Waals surface area contributed by atoms with Gasteiger partial charge in [-0.05, 0) is 106 Å². The number of hydrogen-bond donors (Lipinski definition) is 9. The van der Waals surface area contributed by atoms with Gasteiger partial charge in [-0.1, -0.05) is 104 Å². The molecule has 0 radical (unpaired) electrons. The number of amides is 2. The van der Waals surface area contributed by atoms with E-state index < -0.39 is 36.7 Å². The molecular formula is C71H80ClF4N15O13S. The Balaban J connectivity index is 0.000000327. The summed E-state index contributed by atoms with van der Waals surface area (Å²) in [5, 5.41) is 40.4. The zero-order valence-corrected chi connectivity index (χ0v) is 60.0. The molecule has 34 heteroatoms. The highest BCUT2D eigenvalue weighted by molar-refractivity contribution is 7.80. The Morgan fingerprint density at radius 3 is 1.30 bits per heavy atom. The fraction of sp³-hybridized carbons (Fsp3) is 0.239. The first-order chi connectivity index (χ1) is 49.9. The monoisotopic (exact) mass is 1490 g/mol. The summed E-state index contributed by atoms with van der Waals surface area (Å²) in [6.45, 7) is 1.70. The molecular weight excluding hydrogens is 1410 g/mol. The van der Waals surface area contributed by atoms with Gasteiger partial charge >= 0.3 is 25.2 Å². The van der Waals surface area contributed by atoms with Crippen molar-refractivity contribution in [1.29, 1.82) is 5.26 Å². The Kier molecular flexibility index (Phi) is 38.3. The number of nitriles is 1. The number of aromatic carboxylic acids is 1. The molecule has 12 N–H and O–H groups in total. The minimum atomic E-state index is -3.02. The Labute approximate surface area is 613 Å². The zero-order valence-electron chi connectivity index (χ0n) is 58.4. The molecule has 105 heavy (non-hydrogen) atoms. The molecule has 0 bridgehead atoms. The van der Waals surface area contributed by atoms with E-state index in [9.17, 15) is 36.7 Å². The quantitative estimate of drug-likeness (QED) is 0.00760. The van der Waals surface area contributed by atoms with Gasteiger partial charge in [0, 0.05) is 12.8 Å². The number of H-pyrrole nitrogens is 3. The highest BCUT2D eigenvalue weighted by Gasteiger charge is 2.20. The van der Waals surface area contributed by atoms with Crippen LogP contribution in [0.2, 0.25) is 0 Å². The topological polar surface area (TPSA) is 413 Å². The molecule has 0 saturated carbocycles. The number of nitrogens with zero attached hydrogens (tertiary/aromatic N) is 7. The van der Waals surface area contributed by atoms with Gasteiger partial charge in [0.05, 0.1) is 88.4 Å². The number of aryl methyl sites for hydroxylation is 1. The third kappa shape index (κ3) is 30.1. The number of para-hydroxylation sites is 7. The van der Waals surface area contributed by atoms with Crippen LogP contribution in [0, 0.1) is 11.3 Å². The Morgan fingerprint density at radius 2 is 0.924 bits per heavy atom. The first-order valence-electron chi connectivity index (χ1n) is 31.0. The number of ether oxygens (including phenoxy) is 8. The van der Waals surface area contributed by atoms with Crippen molar-refractivity contribution >= 4 is 53.4 Å². The molecule has 0 atom stereocenters. The number of carbonyl (C=O) groups excluding carboxylic acids is 3. The predicted molar refractivity (Wildman–Crippen MR) is 388 cm³/mol. The molecule has 7 aromatic carbocycles. The maximum absolute atomic E-state index is 12.5. The molecule has 0 saturated heterocycles. The molecule has 0 aliphatic carbocycles. The van der Waals surface area contributed by atoms with Crippen molar-refractivity contribution in [2.24, 2.45) is 17.3 Å². The number of aromatic nitrogens is 9. The number of hydrogen-bond acceptors (Lipinski definition) is 22. The number of aromatic amines is 3. The summed E-state index contributed by atoms with van der Waals surface area (Å²) >= 11 is 4.81. The van der Waals surface area contributed by atoms with Crippen LogP contribution < -0.4 is 61.2 Å². The Bertz CT molecular complexity index is 4280. The maximum atomic E-state index is 12.5. The molecule has 10 rings (SSSR count). The van der Waals surface area contributed by atoms with Gasteiger partial charge < -0.3 is 59.8 Å². The van der Waals surface area contributed by atoms with Crippen molar-refractivity contribution in [1.82, 2.24) is 56.3 Å². The lowest BCUT2D eigenvalue weighted by Crippen LogP contribution is -2.31. The summed E-state index contributed by atoms with van der Waals surface area (Å²) in [5.41, 5.74) is 15.9. The standard InChI is InChI=1S/C18H16F2N4O3.C11H13N3O.C10H12N4O.C8H6F2O3.C8H16N2O3.C8H9NOS.C8H7NO.ClH/c1-26-13-8-4-2-6-11(13)16-22-15(23-24-16)10-21-17(25)12-7-3-5-9-14(12)27-18(19)20;1-3-10-12-11(14-13-10)8-6-4-5-7-9(8)15-2;1-15-8-5-3-2-4-7(8)10-12-9(6-11)13-14-10;9-8(10)13-6-4-2-1-3-5(6)7(11)12;1-8(2,3)13-7(12)5-4-6(11)10-9;1-10-7-5-3-2-4-6(7)8(9)11;1-10-8-5-3-2-4-7(8)6-9;/h2-9,18H,10H2,1H3,(H,21,25)(H,22,23,24);4-7H,3H2,1-2H3,(H,12,13,14);2-5H,6,11H2,1H3,(H,12,13,14);1-4,8H,(H,11,12);4-5,9H2,1-3H3,(H,10,11);2-5H,1H3,(H2,9,11);2-5H,1H3;1H. The number of nitrogens with one attached hydrogen (secondary N) is 5. The molecule has 10 aromatic rings. The number of halogens is 5. The van der Waals surface area contributed by atoms with Crippen molar-refractivity contribution in [3.63, 3.8) is 0 Å². The maximum Gasteiger partial charge on any atom is 0.387 e. The highest BCUT2D eigenvalue weighted by atomic mass is 35.5. The van der Waals surface area contributed by atoms with Gasteiger partial charge in [0.1, 0.15) is 79.9 Å². The summed E-state index contributed by atoms with van der Waals surface area (Å²) in [5.74, 6) is 8.84. The summed E-state index contributed by atoms with van der Waals surface area (Å²) < 4.78 is 87.4. The third-order valence-corrected chi connectivity index (χ3v) is 13.2. The van der Waals surface area contributed by atoms with Crippen LogP contribution in [0.15, 0.2) is 170 Å². The van der Waals surface area contributed by atoms with Crippen molar-refractivity contribution in [2.75, 3.05) is 35.5 Å². The van der Waals surface area contributed by atoms with E-state index >= 15 is 0 Å². The van der Waals surface area contributed by atoms with Crippen LogP contribution in [0.4, 0.5) is 17.6 Å². The van der Waals surface area contributed by atoms with Crippen molar-refractivity contribution < 1.29 is 79.7 Å². The number of esters is 1. The van der Waals surface area contributed by atoms with Gasteiger partial charge in [0.2, 0.25) is 5.91 Å². The highest BCUT2D eigenvalue weighted by Crippen LogP contribution is 2.30. The fourth-order valence-electron chi connectivity index (χ4n) is 8.28. The SMILES string of the molecule is CC(C)(C)OC(=O)CCC(=O)NN.CCc1nc(-c2ccccc2OC)n[nH]1.COc1ccccc1-c1n[nH]c(CN)n1.COc1ccccc1-c1n[nH]c(CNC(=O)c2ccccc2OC(F)F)n1.COc1ccccc1C#N.COc1ccccc1C(N)=S.Cl.O=C(O)c1ccccc1OC(F)F. The molecule has 558 valence electrons. The number of carboxylic acids is 1. The number of benzene rings is 7. The molecule has 0 spiro atoms. The number of rotatable bonds is 22. The lowest BCUT2D eigenvalue weighted by atomic mass is 10.2. The number of nitrogens with two attached hydrogens (primary N) is 3. The molecule has 2 amide bonds. The number of hydrazine groups is 1. The molecule has 0 fully saturated rings. The van der Waals surface area contributed by atoms with E-state index in [2.05, 4.69) is 60.3 Å². The smallest absolute Gasteiger partial charge is 0.387 e. The van der Waals surface area contributed by atoms with Crippen molar-refractivity contribution in [2.45, 2.75) is 78.9 Å². The normalized spacial score (nSPS) is 10.0. The van der Waals surface area contributed by atoms with Crippen LogP contribution in [-0.4, -0.2) is 134 Å². The Morgan fingerprint density at radius 1 is 0.552 bits per heavy atom. The number of methoxy groups -OCH3 is 5. The van der Waals surface area contributed by atoms with Gasteiger partial charge in [-0.25, -0.2) is 25.6 Å². The van der Waals surface area contributed by atoms with Crippen LogP contribution in [0.5, 0.6) is 40.2 Å². The molecule has 3 heterocycles. The van der Waals surface area contributed by atoms with Crippen molar-refractivity contribution in [3.05, 3.63) is 210 Å². The van der Waals surface area contributed by atoms with E-state index in [0.717, 1.165) is 46.2 Å². The van der Waals surface area contributed by atoms with Crippen molar-refractivity contribution in [3.8, 4) is 80.5 Å². The summed E-state index contributed by atoms with van der Waals surface area (Å²) in [6.07, 6.45) is 0.966.